The number of hydrogen-bond acceptors (Lipinski definition) is 4. The van der Waals surface area contributed by atoms with Crippen molar-refractivity contribution < 1.29 is 14.2 Å². The lowest BCUT2D eigenvalue weighted by Crippen LogP contribution is -2.45. The molecule has 1 rings (SSSR count). The molecule has 0 aromatic heterocycles. The van der Waals surface area contributed by atoms with Crippen molar-refractivity contribution >= 4 is 5.96 Å². The molecule has 0 heterocycles. The molecule has 0 unspecified atom stereocenters. The highest BCUT2D eigenvalue weighted by atomic mass is 16.5. The molecule has 2 N–H and O–H groups in total. The fraction of sp³-hybridized carbons (Fsp3) is 0.588. The summed E-state index contributed by atoms with van der Waals surface area (Å²) in [5.41, 5.74) is 0.914. The molecule has 0 spiro atoms. The van der Waals surface area contributed by atoms with Gasteiger partial charge in [0.15, 0.2) is 5.96 Å². The maximum Gasteiger partial charge on any atom is 0.191 e. The summed E-state index contributed by atoms with van der Waals surface area (Å²) in [4.78, 5) is 4.21. The van der Waals surface area contributed by atoms with Gasteiger partial charge in [0.1, 0.15) is 12.4 Å². The van der Waals surface area contributed by atoms with Crippen molar-refractivity contribution in [2.75, 3.05) is 41.0 Å². The number of guanidine groups is 1. The molecule has 0 radical (unpaired) electrons. The predicted octanol–water partition coefficient (Wildman–Crippen LogP) is 1.80. The minimum absolute atomic E-state index is 0.237. The van der Waals surface area contributed by atoms with Gasteiger partial charge in [0.25, 0.3) is 0 Å². The second-order valence-electron chi connectivity index (χ2n) is 5.73. The van der Waals surface area contributed by atoms with Gasteiger partial charge in [-0.05, 0) is 31.5 Å². The van der Waals surface area contributed by atoms with Crippen molar-refractivity contribution in [3.05, 3.63) is 29.8 Å². The first kappa shape index (κ1) is 19.3. The molecular weight excluding hydrogens is 294 g/mol. The topological polar surface area (TPSA) is 64.1 Å². The minimum atomic E-state index is -0.237. The van der Waals surface area contributed by atoms with Gasteiger partial charge in [-0.2, -0.15) is 0 Å². The third-order valence-corrected chi connectivity index (χ3v) is 3.40. The summed E-state index contributed by atoms with van der Waals surface area (Å²) in [6.07, 6.45) is 0. The van der Waals surface area contributed by atoms with Gasteiger partial charge in [-0.15, -0.1) is 0 Å². The Kier molecular flexibility index (Phi) is 8.43. The van der Waals surface area contributed by atoms with E-state index in [0.29, 0.717) is 26.3 Å². The van der Waals surface area contributed by atoms with Crippen LogP contribution in [0, 0.1) is 0 Å². The zero-order chi connectivity index (χ0) is 17.1. The minimum Gasteiger partial charge on any atom is -0.491 e. The summed E-state index contributed by atoms with van der Waals surface area (Å²) in [5.74, 6) is 1.59. The molecule has 1 aromatic carbocycles. The molecule has 0 fully saturated rings. The second-order valence-corrected chi connectivity index (χ2v) is 5.73. The molecule has 0 atom stereocenters. The molecule has 1 aromatic rings. The maximum atomic E-state index is 5.54. The number of nitrogens with zero attached hydrogens (tertiary/aromatic N) is 1. The number of nitrogens with one attached hydrogen (secondary N) is 2. The van der Waals surface area contributed by atoms with Crippen LogP contribution >= 0.6 is 0 Å². The fourth-order valence-corrected chi connectivity index (χ4v) is 1.72. The van der Waals surface area contributed by atoms with Crippen LogP contribution in [0.1, 0.15) is 19.4 Å². The molecule has 0 bridgehead atoms. The predicted molar refractivity (Wildman–Crippen MR) is 93.1 cm³/mol. The van der Waals surface area contributed by atoms with E-state index in [1.54, 1.807) is 21.3 Å². The van der Waals surface area contributed by atoms with Crippen molar-refractivity contribution in [2.24, 2.45) is 4.99 Å². The van der Waals surface area contributed by atoms with Crippen LogP contribution in [0.15, 0.2) is 29.3 Å². The van der Waals surface area contributed by atoms with Gasteiger partial charge in [0.05, 0.1) is 12.2 Å². The van der Waals surface area contributed by atoms with Crippen LogP contribution in [-0.2, 0) is 16.0 Å². The van der Waals surface area contributed by atoms with Crippen LogP contribution in [0.3, 0.4) is 0 Å². The molecule has 0 amide bonds. The highest BCUT2D eigenvalue weighted by molar-refractivity contribution is 5.79. The zero-order valence-electron chi connectivity index (χ0n) is 14.8. The first-order chi connectivity index (χ1) is 11.0. The largest absolute Gasteiger partial charge is 0.491 e. The van der Waals surface area contributed by atoms with Crippen LogP contribution in [0.2, 0.25) is 0 Å². The number of methoxy groups -OCH3 is 2. The molecule has 0 aliphatic rings. The number of hydrogen-bond donors (Lipinski definition) is 2. The Morgan fingerprint density at radius 1 is 1.09 bits per heavy atom. The first-order valence-electron chi connectivity index (χ1n) is 7.71. The molecule has 130 valence electrons. The smallest absolute Gasteiger partial charge is 0.191 e. The maximum absolute atomic E-state index is 5.54. The van der Waals surface area contributed by atoms with Crippen LogP contribution in [0.5, 0.6) is 5.75 Å². The van der Waals surface area contributed by atoms with E-state index in [0.717, 1.165) is 17.3 Å². The summed E-state index contributed by atoms with van der Waals surface area (Å²) < 4.78 is 15.9. The molecular formula is C17H29N3O3. The summed E-state index contributed by atoms with van der Waals surface area (Å²) in [6, 6.07) is 7.97. The van der Waals surface area contributed by atoms with Crippen molar-refractivity contribution in [3.8, 4) is 5.75 Å². The molecule has 0 saturated carbocycles. The third-order valence-electron chi connectivity index (χ3n) is 3.40. The summed E-state index contributed by atoms with van der Waals surface area (Å²) in [6.45, 7) is 6.55. The highest BCUT2D eigenvalue weighted by Crippen LogP contribution is 2.12. The van der Waals surface area contributed by atoms with Crippen LogP contribution in [0.4, 0.5) is 0 Å². The van der Waals surface area contributed by atoms with Gasteiger partial charge in [0, 0.05) is 34.4 Å². The van der Waals surface area contributed by atoms with E-state index >= 15 is 0 Å². The number of ether oxygens (including phenoxy) is 3. The van der Waals surface area contributed by atoms with Crippen molar-refractivity contribution in [3.63, 3.8) is 0 Å². The Morgan fingerprint density at radius 3 is 2.35 bits per heavy atom. The van der Waals surface area contributed by atoms with E-state index in [9.17, 15) is 0 Å². The van der Waals surface area contributed by atoms with Gasteiger partial charge < -0.3 is 24.8 Å². The van der Waals surface area contributed by atoms with E-state index in [1.807, 2.05) is 38.1 Å². The number of benzene rings is 1. The van der Waals surface area contributed by atoms with Crippen LogP contribution in [-0.4, -0.2) is 52.6 Å². The van der Waals surface area contributed by atoms with E-state index in [4.69, 9.17) is 14.2 Å². The summed E-state index contributed by atoms with van der Waals surface area (Å²) >= 11 is 0. The van der Waals surface area contributed by atoms with Gasteiger partial charge >= 0.3 is 0 Å². The van der Waals surface area contributed by atoms with Crippen molar-refractivity contribution in [1.29, 1.82) is 0 Å². The zero-order valence-corrected chi connectivity index (χ0v) is 14.8. The first-order valence-corrected chi connectivity index (χ1v) is 7.71. The van der Waals surface area contributed by atoms with E-state index in [2.05, 4.69) is 15.6 Å². The lowest BCUT2D eigenvalue weighted by molar-refractivity contribution is 0.0268. The van der Waals surface area contributed by atoms with E-state index in [1.165, 1.54) is 0 Å². The molecule has 0 saturated heterocycles. The summed E-state index contributed by atoms with van der Waals surface area (Å²) in [5, 5.41) is 6.53. The van der Waals surface area contributed by atoms with Gasteiger partial charge in [-0.25, -0.2) is 0 Å². The van der Waals surface area contributed by atoms with Gasteiger partial charge in [0.2, 0.25) is 0 Å². The second kappa shape index (κ2) is 10.1. The van der Waals surface area contributed by atoms with E-state index < -0.39 is 0 Å². The Labute approximate surface area is 139 Å². The Morgan fingerprint density at radius 2 is 1.78 bits per heavy atom. The average molecular weight is 323 g/mol. The average Bonchev–Trinajstić information content (AvgIpc) is 2.56. The van der Waals surface area contributed by atoms with Gasteiger partial charge in [-0.3, -0.25) is 4.99 Å². The van der Waals surface area contributed by atoms with Crippen molar-refractivity contribution in [2.45, 2.75) is 26.0 Å². The molecule has 23 heavy (non-hydrogen) atoms. The van der Waals surface area contributed by atoms with Crippen molar-refractivity contribution in [1.82, 2.24) is 10.6 Å². The lowest BCUT2D eigenvalue weighted by atomic mass is 10.1. The monoisotopic (exact) mass is 323 g/mol. The Bertz CT molecular complexity index is 472. The van der Waals surface area contributed by atoms with Gasteiger partial charge in [-0.1, -0.05) is 12.1 Å². The number of aliphatic imine (C=N–C) groups is 1. The van der Waals surface area contributed by atoms with E-state index in [-0.39, 0.29) is 5.60 Å². The molecule has 6 heteroatoms. The van der Waals surface area contributed by atoms with Crippen LogP contribution < -0.4 is 15.4 Å². The lowest BCUT2D eigenvalue weighted by Gasteiger charge is -2.24. The highest BCUT2D eigenvalue weighted by Gasteiger charge is 2.16. The normalized spacial score (nSPS) is 12.1. The Hall–Kier alpha value is -1.79. The molecule has 0 aliphatic heterocycles. The molecule has 6 nitrogen and oxygen atoms in total. The standard InChI is InChI=1S/C17H29N3O3/c1-17(2,22-5)13-20-16(18-3)19-12-14-6-8-15(9-7-14)23-11-10-21-4/h6-9H,10-13H2,1-5H3,(H2,18,19,20). The SMILES string of the molecule is CN=C(NCc1ccc(OCCOC)cc1)NCC(C)(C)OC. The third kappa shape index (κ3) is 7.85. The Balaban J connectivity index is 2.40. The number of rotatable bonds is 9. The summed E-state index contributed by atoms with van der Waals surface area (Å²) in [7, 11) is 5.11. The van der Waals surface area contributed by atoms with Crippen LogP contribution in [0.25, 0.3) is 0 Å². The fourth-order valence-electron chi connectivity index (χ4n) is 1.72. The molecule has 0 aliphatic carbocycles. The quantitative estimate of drug-likeness (QED) is 0.412.